The van der Waals surface area contributed by atoms with E-state index in [1.54, 1.807) is 26.2 Å². The second-order valence-corrected chi connectivity index (χ2v) is 13.2. The first-order valence-electron chi connectivity index (χ1n) is 17.1. The Labute approximate surface area is 281 Å². The van der Waals surface area contributed by atoms with E-state index in [9.17, 15) is 24.0 Å². The summed E-state index contributed by atoms with van der Waals surface area (Å²) in [5, 5.41) is 2.99. The predicted molar refractivity (Wildman–Crippen MR) is 180 cm³/mol. The molecule has 0 bridgehead atoms. The van der Waals surface area contributed by atoms with E-state index in [1.807, 2.05) is 64.4 Å². The zero-order valence-electron chi connectivity index (χ0n) is 27.7. The lowest BCUT2D eigenvalue weighted by atomic mass is 9.62. The fourth-order valence-electron chi connectivity index (χ4n) is 7.85. The number of esters is 1. The van der Waals surface area contributed by atoms with Crippen molar-refractivity contribution in [3.05, 3.63) is 106 Å². The van der Waals surface area contributed by atoms with Gasteiger partial charge in [0.2, 0.25) is 11.8 Å². The number of carbonyl (C=O) groups is 4. The van der Waals surface area contributed by atoms with Gasteiger partial charge < -0.3 is 24.4 Å². The predicted octanol–water partition coefficient (Wildman–Crippen LogP) is 3.77. The van der Waals surface area contributed by atoms with Gasteiger partial charge in [-0.25, -0.2) is 0 Å². The molecular weight excluding hydrogens is 608 g/mol. The molecule has 0 saturated carbocycles. The van der Waals surface area contributed by atoms with Gasteiger partial charge in [-0.15, -0.1) is 0 Å². The summed E-state index contributed by atoms with van der Waals surface area (Å²) in [7, 11) is 1.61. The van der Waals surface area contributed by atoms with E-state index in [2.05, 4.69) is 5.32 Å². The van der Waals surface area contributed by atoms with Crippen LogP contribution in [0.25, 0.3) is 0 Å². The molecule has 1 aromatic heterocycles. The number of ether oxygens (including phenoxy) is 1. The molecule has 0 radical (unpaired) electrons. The number of rotatable bonds is 7. The summed E-state index contributed by atoms with van der Waals surface area (Å²) in [5.74, 6) is -1.42. The average Bonchev–Trinajstić information content (AvgIpc) is 3.12. The number of carbonyl (C=O) groups excluding carboxylic acids is 4. The summed E-state index contributed by atoms with van der Waals surface area (Å²) in [6.45, 7) is 3.96. The molecule has 3 aliphatic rings. The van der Waals surface area contributed by atoms with Crippen molar-refractivity contribution in [1.29, 1.82) is 0 Å². The molecule has 3 heterocycles. The highest BCUT2D eigenvalue weighted by Gasteiger charge is 2.51. The molecule has 1 N–H and O–H groups in total. The van der Waals surface area contributed by atoms with Gasteiger partial charge in [0, 0.05) is 45.5 Å². The normalized spacial score (nSPS) is 22.8. The van der Waals surface area contributed by atoms with E-state index >= 15 is 0 Å². The highest BCUT2D eigenvalue weighted by Crippen LogP contribution is 2.49. The molecule has 2 aliphatic heterocycles. The lowest BCUT2D eigenvalue weighted by molar-refractivity contribution is -0.152. The molecule has 0 spiro atoms. The summed E-state index contributed by atoms with van der Waals surface area (Å²) in [4.78, 5) is 70.7. The molecule has 252 valence electrons. The maximum absolute atomic E-state index is 14.8. The van der Waals surface area contributed by atoms with Crippen molar-refractivity contribution >= 4 is 23.7 Å². The fraction of sp³-hybridized carbons (Fsp3) is 0.447. The van der Waals surface area contributed by atoms with Crippen LogP contribution >= 0.6 is 0 Å². The zero-order chi connectivity index (χ0) is 33.8. The Morgan fingerprint density at radius 2 is 1.60 bits per heavy atom. The van der Waals surface area contributed by atoms with Crippen molar-refractivity contribution in [2.24, 2.45) is 13.0 Å². The van der Waals surface area contributed by atoms with E-state index in [0.29, 0.717) is 64.9 Å². The number of amides is 3. The molecule has 6 rings (SSSR count). The molecule has 1 unspecified atom stereocenters. The number of aromatic nitrogens is 1. The van der Waals surface area contributed by atoms with Gasteiger partial charge >= 0.3 is 5.97 Å². The van der Waals surface area contributed by atoms with Crippen LogP contribution in [0.15, 0.2) is 77.7 Å². The van der Waals surface area contributed by atoms with Crippen LogP contribution in [-0.4, -0.2) is 76.9 Å². The Balaban J connectivity index is 1.22. The van der Waals surface area contributed by atoms with Gasteiger partial charge in [0.15, 0.2) is 0 Å². The summed E-state index contributed by atoms with van der Waals surface area (Å²) < 4.78 is 6.70. The van der Waals surface area contributed by atoms with Crippen LogP contribution < -0.4 is 10.9 Å². The van der Waals surface area contributed by atoms with Gasteiger partial charge in [-0.05, 0) is 74.3 Å². The minimum absolute atomic E-state index is 0.0265. The molecule has 2 fully saturated rings. The number of hydrogen-bond donors (Lipinski definition) is 1. The van der Waals surface area contributed by atoms with E-state index in [0.717, 1.165) is 23.1 Å². The second-order valence-electron chi connectivity index (χ2n) is 13.2. The lowest BCUT2D eigenvalue weighted by Gasteiger charge is -2.46. The minimum atomic E-state index is -0.989. The number of pyridine rings is 1. The number of aryl methyl sites for hydroxylation is 1. The topological polar surface area (TPSA) is 118 Å². The fourth-order valence-corrected chi connectivity index (χ4v) is 7.85. The summed E-state index contributed by atoms with van der Waals surface area (Å²) in [5.41, 5.74) is 1.36. The van der Waals surface area contributed by atoms with Crippen molar-refractivity contribution in [3.8, 4) is 0 Å². The third-order valence-corrected chi connectivity index (χ3v) is 10.4. The number of nitrogens with one attached hydrogen (secondary N) is 1. The zero-order valence-corrected chi connectivity index (χ0v) is 27.7. The molecule has 3 amide bonds. The largest absolute Gasteiger partial charge is 0.466 e. The Kier molecular flexibility index (Phi) is 9.80. The quantitative estimate of drug-likeness (QED) is 0.389. The number of hydrogen-bond acceptors (Lipinski definition) is 6. The standard InChI is InChI=1S/C38H44N4O6/c1-3-48-36(46)26-11-9-22-42(25-26)37(47)38(27-12-5-4-6-13-27)20-17-30(29-14-7-8-16-32(29)38)35(45)41-23-18-28(19-24-41)39-33(43)31-15-10-21-40(2)34(31)44/h4-8,10,12-16,21,26,28,30H,3,9,11,17-20,22-25H2,1-2H3,(H,39,43)/t26?,30-,38+/m0/s1. The van der Waals surface area contributed by atoms with Crippen LogP contribution in [-0.2, 0) is 31.6 Å². The SMILES string of the molecule is CCOC(=O)C1CCCN(C(=O)[C@@]2(c3ccccc3)CC[C@H](C(=O)N3CCC(NC(=O)c4cccn(C)c4=O)CC3)c3ccccc32)C1. The highest BCUT2D eigenvalue weighted by molar-refractivity contribution is 5.96. The molecule has 48 heavy (non-hydrogen) atoms. The molecule has 2 aromatic carbocycles. The number of likely N-dealkylation sites (tertiary alicyclic amines) is 2. The molecule has 2 saturated heterocycles. The van der Waals surface area contributed by atoms with Crippen LogP contribution in [0.3, 0.4) is 0 Å². The van der Waals surface area contributed by atoms with Crippen molar-refractivity contribution in [2.75, 3.05) is 32.8 Å². The number of benzene rings is 2. The lowest BCUT2D eigenvalue weighted by Crippen LogP contribution is -2.54. The van der Waals surface area contributed by atoms with Gasteiger partial charge in [-0.3, -0.25) is 24.0 Å². The Morgan fingerprint density at radius 1 is 0.875 bits per heavy atom. The summed E-state index contributed by atoms with van der Waals surface area (Å²) in [6, 6.07) is 20.7. The monoisotopic (exact) mass is 652 g/mol. The second kappa shape index (κ2) is 14.2. The molecule has 3 atom stereocenters. The Hall–Kier alpha value is -4.73. The minimum Gasteiger partial charge on any atom is -0.466 e. The number of piperidine rings is 2. The molecule has 10 nitrogen and oxygen atoms in total. The number of nitrogens with zero attached hydrogens (tertiary/aromatic N) is 3. The highest BCUT2D eigenvalue weighted by atomic mass is 16.5. The number of fused-ring (bicyclic) bond motifs is 1. The van der Waals surface area contributed by atoms with E-state index in [4.69, 9.17) is 4.74 Å². The molecule has 1 aliphatic carbocycles. The van der Waals surface area contributed by atoms with Crippen molar-refractivity contribution in [1.82, 2.24) is 19.7 Å². The van der Waals surface area contributed by atoms with Crippen molar-refractivity contribution < 1.29 is 23.9 Å². The maximum atomic E-state index is 14.8. The van der Waals surface area contributed by atoms with E-state index < -0.39 is 17.2 Å². The molecule has 10 heteroatoms. The first-order chi connectivity index (χ1) is 23.2. The summed E-state index contributed by atoms with van der Waals surface area (Å²) >= 11 is 0. The average molecular weight is 653 g/mol. The van der Waals surface area contributed by atoms with Crippen molar-refractivity contribution in [2.45, 2.75) is 62.8 Å². The van der Waals surface area contributed by atoms with Gasteiger partial charge in [-0.2, -0.15) is 0 Å². The molecular formula is C38H44N4O6. The Morgan fingerprint density at radius 3 is 2.35 bits per heavy atom. The first kappa shape index (κ1) is 33.2. The molecule has 3 aromatic rings. The van der Waals surface area contributed by atoms with Crippen LogP contribution in [0.2, 0.25) is 0 Å². The third kappa shape index (κ3) is 6.28. The van der Waals surface area contributed by atoms with Crippen LogP contribution in [0.1, 0.15) is 78.4 Å². The third-order valence-electron chi connectivity index (χ3n) is 10.4. The maximum Gasteiger partial charge on any atom is 0.310 e. The van der Waals surface area contributed by atoms with Gasteiger partial charge in [-0.1, -0.05) is 54.6 Å². The van der Waals surface area contributed by atoms with Crippen LogP contribution in [0, 0.1) is 5.92 Å². The summed E-state index contributed by atoms with van der Waals surface area (Å²) in [6.07, 6.45) is 5.16. The Bertz CT molecular complexity index is 1730. The van der Waals surface area contributed by atoms with Crippen molar-refractivity contribution in [3.63, 3.8) is 0 Å². The van der Waals surface area contributed by atoms with Gasteiger partial charge in [0.25, 0.3) is 11.5 Å². The van der Waals surface area contributed by atoms with Gasteiger partial charge in [0.1, 0.15) is 5.56 Å². The van der Waals surface area contributed by atoms with Crippen LogP contribution in [0.5, 0.6) is 0 Å². The smallest absolute Gasteiger partial charge is 0.310 e. The van der Waals surface area contributed by atoms with E-state index in [1.165, 1.54) is 10.6 Å². The van der Waals surface area contributed by atoms with Gasteiger partial charge in [0.05, 0.1) is 23.9 Å². The van der Waals surface area contributed by atoms with E-state index in [-0.39, 0.29) is 40.9 Å². The van der Waals surface area contributed by atoms with Crippen LogP contribution in [0.4, 0.5) is 0 Å². The first-order valence-corrected chi connectivity index (χ1v) is 17.1.